The summed E-state index contributed by atoms with van der Waals surface area (Å²) >= 11 is 0. The number of sulfonamides is 1. The van der Waals surface area contributed by atoms with Gasteiger partial charge in [-0.3, -0.25) is 4.79 Å². The van der Waals surface area contributed by atoms with E-state index >= 15 is 0 Å². The molecule has 0 unspecified atom stereocenters. The largest absolute Gasteiger partial charge is 0.495 e. The van der Waals surface area contributed by atoms with Crippen molar-refractivity contribution in [1.29, 1.82) is 0 Å². The zero-order chi connectivity index (χ0) is 22.3. The Morgan fingerprint density at radius 3 is 2.48 bits per heavy atom. The predicted molar refractivity (Wildman–Crippen MR) is 120 cm³/mol. The Morgan fingerprint density at radius 1 is 1.13 bits per heavy atom. The van der Waals surface area contributed by atoms with Crippen molar-refractivity contribution in [1.82, 2.24) is 4.31 Å². The van der Waals surface area contributed by atoms with Crippen LogP contribution < -0.4 is 9.64 Å². The Hall–Kier alpha value is -2.42. The molecule has 7 nitrogen and oxygen atoms in total. The molecule has 0 radical (unpaired) electrons. The van der Waals surface area contributed by atoms with Crippen LogP contribution in [0, 0.1) is 0 Å². The minimum atomic E-state index is -3.75. The van der Waals surface area contributed by atoms with Gasteiger partial charge in [-0.15, -0.1) is 0 Å². The number of benzene rings is 2. The van der Waals surface area contributed by atoms with Crippen LogP contribution in [0.5, 0.6) is 5.75 Å². The van der Waals surface area contributed by atoms with E-state index < -0.39 is 10.0 Å². The molecule has 2 aromatic carbocycles. The Morgan fingerprint density at radius 2 is 1.84 bits per heavy atom. The van der Waals surface area contributed by atoms with Crippen molar-refractivity contribution < 1.29 is 22.7 Å². The first-order valence-corrected chi connectivity index (χ1v) is 12.0. The molecule has 1 saturated heterocycles. The number of morpholine rings is 1. The normalized spacial score (nSPS) is 14.9. The summed E-state index contributed by atoms with van der Waals surface area (Å²) in [5.74, 6) is 0.202. The number of carbonyl (C=O) groups excluding carboxylic acids is 1. The summed E-state index contributed by atoms with van der Waals surface area (Å²) in [7, 11) is -2.30. The van der Waals surface area contributed by atoms with Gasteiger partial charge in [0.2, 0.25) is 15.9 Å². The van der Waals surface area contributed by atoms with E-state index in [1.807, 2.05) is 30.3 Å². The number of nitrogens with zero attached hydrogens (tertiary/aromatic N) is 2. The molecule has 1 aliphatic rings. The standard InChI is InChI=1S/C23H30N2O5S/c1-3-4-12-25(20-8-6-5-7-9-20)23(26)18-19-10-11-21(29-2)22(17-19)31(27,28)24-13-15-30-16-14-24/h5-11,17H,3-4,12-16,18H2,1-2H3. The molecular formula is C23H30N2O5S. The molecule has 0 aromatic heterocycles. The average Bonchev–Trinajstić information content (AvgIpc) is 2.80. The number of hydrogen-bond donors (Lipinski definition) is 0. The molecule has 1 amide bonds. The van der Waals surface area contributed by atoms with Gasteiger partial charge in [-0.1, -0.05) is 37.6 Å². The summed E-state index contributed by atoms with van der Waals surface area (Å²) in [4.78, 5) is 15.0. The molecule has 0 saturated carbocycles. The van der Waals surface area contributed by atoms with Gasteiger partial charge in [0.25, 0.3) is 0 Å². The summed E-state index contributed by atoms with van der Waals surface area (Å²) in [5.41, 5.74) is 1.48. The average molecular weight is 447 g/mol. The smallest absolute Gasteiger partial charge is 0.246 e. The van der Waals surface area contributed by atoms with Gasteiger partial charge in [-0.25, -0.2) is 8.42 Å². The van der Waals surface area contributed by atoms with Gasteiger partial charge in [0, 0.05) is 25.3 Å². The first-order valence-electron chi connectivity index (χ1n) is 10.6. The monoisotopic (exact) mass is 446 g/mol. The molecule has 0 spiro atoms. The van der Waals surface area contributed by atoms with Crippen molar-refractivity contribution >= 4 is 21.6 Å². The Kier molecular flexibility index (Phi) is 8.06. The lowest BCUT2D eigenvalue weighted by molar-refractivity contribution is -0.118. The fourth-order valence-electron chi connectivity index (χ4n) is 3.55. The number of rotatable bonds is 9. The van der Waals surface area contributed by atoms with Crippen LogP contribution in [-0.2, 0) is 26.0 Å². The van der Waals surface area contributed by atoms with Crippen LogP contribution in [0.25, 0.3) is 0 Å². The van der Waals surface area contributed by atoms with Crippen molar-refractivity contribution in [3.63, 3.8) is 0 Å². The third kappa shape index (κ3) is 5.64. The molecule has 1 aliphatic heterocycles. The summed E-state index contributed by atoms with van der Waals surface area (Å²) in [6.07, 6.45) is 1.97. The van der Waals surface area contributed by atoms with Crippen molar-refractivity contribution in [3.05, 3.63) is 54.1 Å². The van der Waals surface area contributed by atoms with Crippen LogP contribution >= 0.6 is 0 Å². The SMILES string of the molecule is CCCCN(C(=O)Cc1ccc(OC)c(S(=O)(=O)N2CCOCC2)c1)c1ccccc1. The molecule has 1 heterocycles. The highest BCUT2D eigenvalue weighted by Gasteiger charge is 2.30. The van der Waals surface area contributed by atoms with E-state index in [9.17, 15) is 13.2 Å². The molecule has 0 N–H and O–H groups in total. The quantitative estimate of drug-likeness (QED) is 0.592. The Balaban J connectivity index is 1.87. The molecule has 31 heavy (non-hydrogen) atoms. The van der Waals surface area contributed by atoms with Crippen LogP contribution in [0.4, 0.5) is 5.69 Å². The zero-order valence-corrected chi connectivity index (χ0v) is 18.9. The Labute approximate surface area is 184 Å². The van der Waals surface area contributed by atoms with E-state index in [-0.39, 0.29) is 23.0 Å². The lowest BCUT2D eigenvalue weighted by Gasteiger charge is -2.27. The number of para-hydroxylation sites is 1. The highest BCUT2D eigenvalue weighted by molar-refractivity contribution is 7.89. The van der Waals surface area contributed by atoms with Crippen molar-refractivity contribution in [3.8, 4) is 5.75 Å². The van der Waals surface area contributed by atoms with Crippen LogP contribution in [0.1, 0.15) is 25.3 Å². The molecular weight excluding hydrogens is 416 g/mol. The van der Waals surface area contributed by atoms with Crippen LogP contribution in [0.15, 0.2) is 53.4 Å². The van der Waals surface area contributed by atoms with Gasteiger partial charge in [-0.2, -0.15) is 4.31 Å². The fraction of sp³-hybridized carbons (Fsp3) is 0.435. The molecule has 1 fully saturated rings. The maximum Gasteiger partial charge on any atom is 0.246 e. The van der Waals surface area contributed by atoms with Crippen LogP contribution in [-0.4, -0.2) is 58.6 Å². The summed E-state index contributed by atoms with van der Waals surface area (Å²) in [6, 6.07) is 14.5. The number of hydrogen-bond acceptors (Lipinski definition) is 5. The number of amides is 1. The highest BCUT2D eigenvalue weighted by Crippen LogP contribution is 2.29. The van der Waals surface area contributed by atoms with Crippen LogP contribution in [0.2, 0.25) is 0 Å². The molecule has 3 rings (SSSR count). The van der Waals surface area contributed by atoms with E-state index in [0.717, 1.165) is 18.5 Å². The van der Waals surface area contributed by atoms with Gasteiger partial charge in [0.05, 0.1) is 26.7 Å². The second-order valence-electron chi connectivity index (χ2n) is 7.41. The summed E-state index contributed by atoms with van der Waals surface area (Å²) in [6.45, 7) is 4.03. The minimum absolute atomic E-state index is 0.0699. The van der Waals surface area contributed by atoms with E-state index in [1.165, 1.54) is 11.4 Å². The zero-order valence-electron chi connectivity index (χ0n) is 18.1. The number of anilines is 1. The molecule has 0 bridgehead atoms. The number of ether oxygens (including phenoxy) is 2. The van der Waals surface area contributed by atoms with Crippen molar-refractivity contribution in [2.75, 3.05) is 44.9 Å². The lowest BCUT2D eigenvalue weighted by atomic mass is 10.1. The van der Waals surface area contributed by atoms with E-state index in [0.29, 0.717) is 38.4 Å². The second-order valence-corrected chi connectivity index (χ2v) is 9.32. The third-order valence-electron chi connectivity index (χ3n) is 5.28. The predicted octanol–water partition coefficient (Wildman–Crippen LogP) is 3.09. The number of methoxy groups -OCH3 is 1. The molecule has 2 aromatic rings. The van der Waals surface area contributed by atoms with E-state index in [2.05, 4.69) is 6.92 Å². The summed E-state index contributed by atoms with van der Waals surface area (Å²) < 4.78 is 38.4. The van der Waals surface area contributed by atoms with Gasteiger partial charge in [-0.05, 0) is 36.2 Å². The second kappa shape index (κ2) is 10.7. The van der Waals surface area contributed by atoms with Crippen LogP contribution in [0.3, 0.4) is 0 Å². The first kappa shape index (κ1) is 23.2. The topological polar surface area (TPSA) is 76.2 Å². The molecule has 0 atom stereocenters. The maximum atomic E-state index is 13.2. The van der Waals surface area contributed by atoms with E-state index in [4.69, 9.17) is 9.47 Å². The van der Waals surface area contributed by atoms with Gasteiger partial charge in [0.15, 0.2) is 0 Å². The number of unbranched alkanes of at least 4 members (excludes halogenated alkanes) is 1. The highest BCUT2D eigenvalue weighted by atomic mass is 32.2. The minimum Gasteiger partial charge on any atom is -0.495 e. The maximum absolute atomic E-state index is 13.2. The number of carbonyl (C=O) groups is 1. The molecule has 8 heteroatoms. The van der Waals surface area contributed by atoms with Crippen molar-refractivity contribution in [2.24, 2.45) is 0 Å². The van der Waals surface area contributed by atoms with Gasteiger partial charge >= 0.3 is 0 Å². The van der Waals surface area contributed by atoms with Crippen molar-refractivity contribution in [2.45, 2.75) is 31.1 Å². The van der Waals surface area contributed by atoms with Gasteiger partial charge in [0.1, 0.15) is 10.6 Å². The fourth-order valence-corrected chi connectivity index (χ4v) is 5.16. The Bertz CT molecular complexity index is 973. The first-order chi connectivity index (χ1) is 15.0. The lowest BCUT2D eigenvalue weighted by Crippen LogP contribution is -2.40. The van der Waals surface area contributed by atoms with Gasteiger partial charge < -0.3 is 14.4 Å². The third-order valence-corrected chi connectivity index (χ3v) is 7.20. The molecule has 0 aliphatic carbocycles. The summed E-state index contributed by atoms with van der Waals surface area (Å²) in [5, 5.41) is 0. The van der Waals surface area contributed by atoms with E-state index in [1.54, 1.807) is 23.1 Å². The molecule has 168 valence electrons.